The summed E-state index contributed by atoms with van der Waals surface area (Å²) in [7, 11) is 0. The van der Waals surface area contributed by atoms with E-state index in [2.05, 4.69) is 5.32 Å². The Morgan fingerprint density at radius 2 is 2.00 bits per heavy atom. The van der Waals surface area contributed by atoms with Gasteiger partial charge in [-0.25, -0.2) is 4.39 Å². The maximum Gasteiger partial charge on any atom is 0.146 e. The highest BCUT2D eigenvalue weighted by molar-refractivity contribution is 5.61. The van der Waals surface area contributed by atoms with Gasteiger partial charge in [-0.3, -0.25) is 0 Å². The van der Waals surface area contributed by atoms with Gasteiger partial charge >= 0.3 is 0 Å². The molecule has 0 aromatic heterocycles. The molecular formula is C15H17FN2. The number of rotatable bonds is 4. The lowest BCUT2D eigenvalue weighted by molar-refractivity contribution is 0.629. The summed E-state index contributed by atoms with van der Waals surface area (Å²) in [6.07, 6.45) is 0.696. The molecule has 2 rings (SSSR count). The molecule has 0 saturated heterocycles. The number of nitrogens with one attached hydrogen (secondary N) is 1. The minimum atomic E-state index is -0.248. The molecule has 0 bridgehead atoms. The smallest absolute Gasteiger partial charge is 0.146 e. The van der Waals surface area contributed by atoms with Gasteiger partial charge in [-0.1, -0.05) is 18.2 Å². The second-order valence-corrected chi connectivity index (χ2v) is 4.35. The topological polar surface area (TPSA) is 38.0 Å². The molecule has 0 aliphatic heterocycles. The first-order valence-corrected chi connectivity index (χ1v) is 6.01. The second kappa shape index (κ2) is 5.65. The first-order chi connectivity index (χ1) is 8.69. The van der Waals surface area contributed by atoms with Crippen molar-refractivity contribution in [3.8, 4) is 0 Å². The van der Waals surface area contributed by atoms with E-state index in [0.717, 1.165) is 16.8 Å². The van der Waals surface area contributed by atoms with Crippen molar-refractivity contribution < 1.29 is 4.39 Å². The molecule has 3 N–H and O–H groups in total. The molecular weight excluding hydrogens is 227 g/mol. The molecule has 0 heterocycles. The van der Waals surface area contributed by atoms with E-state index < -0.39 is 0 Å². The molecule has 0 saturated carbocycles. The number of nitrogens with two attached hydrogens (primary N) is 1. The van der Waals surface area contributed by atoms with Crippen molar-refractivity contribution >= 4 is 11.4 Å². The Labute approximate surface area is 107 Å². The average molecular weight is 244 g/mol. The molecule has 3 heteroatoms. The normalized spacial score (nSPS) is 10.4. The zero-order valence-electron chi connectivity index (χ0n) is 10.4. The van der Waals surface area contributed by atoms with Crippen molar-refractivity contribution in [2.75, 3.05) is 11.9 Å². The summed E-state index contributed by atoms with van der Waals surface area (Å²) >= 11 is 0. The zero-order valence-corrected chi connectivity index (χ0v) is 10.4. The lowest BCUT2D eigenvalue weighted by Gasteiger charge is -2.09. The average Bonchev–Trinajstić information content (AvgIpc) is 2.33. The third kappa shape index (κ3) is 3.08. The summed E-state index contributed by atoms with van der Waals surface area (Å²) in [5.41, 5.74) is 8.89. The highest BCUT2D eigenvalue weighted by Crippen LogP contribution is 2.21. The molecule has 2 aromatic rings. The van der Waals surface area contributed by atoms with Crippen molar-refractivity contribution in [2.45, 2.75) is 13.3 Å². The predicted octanol–water partition coefficient (Wildman–Crippen LogP) is 3.38. The van der Waals surface area contributed by atoms with Crippen LogP contribution in [-0.4, -0.2) is 6.54 Å². The monoisotopic (exact) mass is 244 g/mol. The molecule has 0 aliphatic carbocycles. The van der Waals surface area contributed by atoms with Crippen LogP contribution >= 0.6 is 0 Å². The number of anilines is 2. The van der Waals surface area contributed by atoms with Crippen LogP contribution in [0, 0.1) is 12.7 Å². The summed E-state index contributed by atoms with van der Waals surface area (Å²) in [6.45, 7) is 2.54. The first-order valence-electron chi connectivity index (χ1n) is 6.01. The third-order valence-corrected chi connectivity index (χ3v) is 2.76. The Balaban J connectivity index is 2.19. The number of hydrogen-bond acceptors (Lipinski definition) is 2. The van der Waals surface area contributed by atoms with Gasteiger partial charge < -0.3 is 11.1 Å². The van der Waals surface area contributed by atoms with Crippen LogP contribution in [0.4, 0.5) is 15.8 Å². The fourth-order valence-electron chi connectivity index (χ4n) is 1.86. The zero-order chi connectivity index (χ0) is 13.0. The van der Waals surface area contributed by atoms with E-state index in [1.807, 2.05) is 37.3 Å². The van der Waals surface area contributed by atoms with Gasteiger partial charge in [-0.05, 0) is 55.3 Å². The largest absolute Gasteiger partial charge is 0.353 e. The summed E-state index contributed by atoms with van der Waals surface area (Å²) in [6, 6.07) is 13.0. The van der Waals surface area contributed by atoms with Gasteiger partial charge in [0.05, 0.1) is 5.69 Å². The SMILES string of the molecule is Cc1cccc(Nc2ccc(CCN)cc2F)c1. The van der Waals surface area contributed by atoms with Crippen LogP contribution in [0.25, 0.3) is 0 Å². The van der Waals surface area contributed by atoms with Gasteiger partial charge in [0.1, 0.15) is 5.82 Å². The van der Waals surface area contributed by atoms with Gasteiger partial charge in [0.2, 0.25) is 0 Å². The predicted molar refractivity (Wildman–Crippen MR) is 73.6 cm³/mol. The maximum absolute atomic E-state index is 13.9. The van der Waals surface area contributed by atoms with Gasteiger partial charge in [-0.15, -0.1) is 0 Å². The highest BCUT2D eigenvalue weighted by Gasteiger charge is 2.03. The summed E-state index contributed by atoms with van der Waals surface area (Å²) in [5.74, 6) is -0.248. The first kappa shape index (κ1) is 12.6. The Bertz CT molecular complexity index is 538. The Morgan fingerprint density at radius 3 is 2.67 bits per heavy atom. The third-order valence-electron chi connectivity index (χ3n) is 2.76. The maximum atomic E-state index is 13.9. The molecule has 18 heavy (non-hydrogen) atoms. The number of benzene rings is 2. The van der Waals surface area contributed by atoms with Crippen molar-refractivity contribution in [3.63, 3.8) is 0 Å². The minimum Gasteiger partial charge on any atom is -0.353 e. The standard InChI is InChI=1S/C15H17FN2/c1-11-3-2-4-13(9-11)18-15-6-5-12(7-8-17)10-14(15)16/h2-6,9-10,18H,7-8,17H2,1H3. The molecule has 2 nitrogen and oxygen atoms in total. The van der Waals surface area contributed by atoms with Crippen LogP contribution in [0.15, 0.2) is 42.5 Å². The lowest BCUT2D eigenvalue weighted by Crippen LogP contribution is -2.03. The van der Waals surface area contributed by atoms with E-state index in [9.17, 15) is 4.39 Å². The van der Waals surface area contributed by atoms with Crippen LogP contribution in [-0.2, 0) is 6.42 Å². The molecule has 94 valence electrons. The fraction of sp³-hybridized carbons (Fsp3) is 0.200. The van der Waals surface area contributed by atoms with Crippen LogP contribution in [0.3, 0.4) is 0 Å². The van der Waals surface area contributed by atoms with Gasteiger partial charge in [0, 0.05) is 5.69 Å². The number of hydrogen-bond donors (Lipinski definition) is 2. The minimum absolute atomic E-state index is 0.248. The summed E-state index contributed by atoms with van der Waals surface area (Å²) < 4.78 is 13.9. The van der Waals surface area contributed by atoms with Crippen LogP contribution < -0.4 is 11.1 Å². The van der Waals surface area contributed by atoms with E-state index in [1.165, 1.54) is 6.07 Å². The molecule has 2 aromatic carbocycles. The van der Waals surface area contributed by atoms with Gasteiger partial charge in [0.15, 0.2) is 0 Å². The number of aryl methyl sites for hydroxylation is 1. The Morgan fingerprint density at radius 1 is 1.17 bits per heavy atom. The van der Waals surface area contributed by atoms with Crippen LogP contribution in [0.1, 0.15) is 11.1 Å². The van der Waals surface area contributed by atoms with Gasteiger partial charge in [-0.2, -0.15) is 0 Å². The molecule has 0 radical (unpaired) electrons. The van der Waals surface area contributed by atoms with Crippen LogP contribution in [0.5, 0.6) is 0 Å². The Hall–Kier alpha value is -1.87. The molecule has 0 aliphatic rings. The van der Waals surface area contributed by atoms with E-state index in [1.54, 1.807) is 6.07 Å². The molecule has 0 amide bonds. The highest BCUT2D eigenvalue weighted by atomic mass is 19.1. The molecule has 0 spiro atoms. The molecule has 0 atom stereocenters. The van der Waals surface area contributed by atoms with Crippen molar-refractivity contribution in [1.29, 1.82) is 0 Å². The Kier molecular flexibility index (Phi) is 3.95. The summed E-state index contributed by atoms with van der Waals surface area (Å²) in [4.78, 5) is 0. The second-order valence-electron chi connectivity index (χ2n) is 4.35. The molecule has 0 unspecified atom stereocenters. The van der Waals surface area contributed by atoms with E-state index in [0.29, 0.717) is 18.7 Å². The summed E-state index contributed by atoms with van der Waals surface area (Å²) in [5, 5.41) is 3.08. The van der Waals surface area contributed by atoms with E-state index in [-0.39, 0.29) is 5.82 Å². The van der Waals surface area contributed by atoms with Crippen molar-refractivity contribution in [1.82, 2.24) is 0 Å². The van der Waals surface area contributed by atoms with Crippen molar-refractivity contribution in [3.05, 3.63) is 59.4 Å². The molecule has 0 fully saturated rings. The van der Waals surface area contributed by atoms with Gasteiger partial charge in [0.25, 0.3) is 0 Å². The fourth-order valence-corrected chi connectivity index (χ4v) is 1.86. The van der Waals surface area contributed by atoms with E-state index in [4.69, 9.17) is 5.73 Å². The lowest BCUT2D eigenvalue weighted by atomic mass is 10.1. The van der Waals surface area contributed by atoms with E-state index >= 15 is 0 Å². The van der Waals surface area contributed by atoms with Crippen LogP contribution in [0.2, 0.25) is 0 Å². The van der Waals surface area contributed by atoms with Crippen molar-refractivity contribution in [2.24, 2.45) is 5.73 Å². The number of halogens is 1. The quantitative estimate of drug-likeness (QED) is 0.865.